The van der Waals surface area contributed by atoms with Gasteiger partial charge >= 0.3 is 6.03 Å². The highest BCUT2D eigenvalue weighted by Gasteiger charge is 2.23. The number of hydrogen-bond acceptors (Lipinski definition) is 4. The summed E-state index contributed by atoms with van der Waals surface area (Å²) >= 11 is 12.2. The Bertz CT molecular complexity index is 1250. The maximum atomic E-state index is 13.2. The summed E-state index contributed by atoms with van der Waals surface area (Å²) in [6.07, 6.45) is 0.556. The van der Waals surface area contributed by atoms with Crippen LogP contribution in [0.3, 0.4) is 0 Å². The van der Waals surface area contributed by atoms with E-state index < -0.39 is 6.03 Å². The van der Waals surface area contributed by atoms with Crippen LogP contribution in [0.25, 0.3) is 5.69 Å². The highest BCUT2D eigenvalue weighted by molar-refractivity contribution is 6.36. The van der Waals surface area contributed by atoms with E-state index in [0.29, 0.717) is 41.1 Å². The molecule has 0 fully saturated rings. The van der Waals surface area contributed by atoms with Crippen molar-refractivity contribution in [1.29, 1.82) is 0 Å². The number of urea groups is 1. The van der Waals surface area contributed by atoms with Crippen molar-refractivity contribution in [3.8, 4) is 5.69 Å². The minimum absolute atomic E-state index is 0.176. The average molecular weight is 546 g/mol. The molecule has 3 amide bonds. The van der Waals surface area contributed by atoms with E-state index in [4.69, 9.17) is 33.0 Å². The van der Waals surface area contributed by atoms with Crippen LogP contribution >= 0.6 is 23.2 Å². The van der Waals surface area contributed by atoms with Crippen molar-refractivity contribution in [2.24, 2.45) is 0 Å². The number of amides is 3. The minimum Gasteiger partial charge on any atom is -0.385 e. The topological polar surface area (TPSA) is 88.5 Å². The Hall–Kier alpha value is -3.07. The quantitative estimate of drug-likeness (QED) is 0.309. The molecule has 198 valence electrons. The number of nitrogens with one attached hydrogen (secondary N) is 2. The lowest BCUT2D eigenvalue weighted by molar-refractivity contribution is -0.116. The molecule has 2 N–H and O–H groups in total. The summed E-state index contributed by atoms with van der Waals surface area (Å²) in [5, 5.41) is 11.2. The number of nitrogens with zero attached hydrogens (tertiary/aromatic N) is 3. The molecule has 1 aromatic heterocycles. The number of methoxy groups -OCH3 is 1. The van der Waals surface area contributed by atoms with Crippen LogP contribution in [-0.2, 0) is 14.9 Å². The van der Waals surface area contributed by atoms with Gasteiger partial charge in [0.15, 0.2) is 0 Å². The van der Waals surface area contributed by atoms with Gasteiger partial charge in [0.25, 0.3) is 0 Å². The molecule has 10 heteroatoms. The second-order valence-electron chi connectivity index (χ2n) is 9.79. The second-order valence-corrected chi connectivity index (χ2v) is 10.6. The zero-order chi connectivity index (χ0) is 27.2. The van der Waals surface area contributed by atoms with Gasteiger partial charge in [-0.05, 0) is 49.2 Å². The number of carbonyl (C=O) groups is 2. The molecule has 0 saturated heterocycles. The summed E-state index contributed by atoms with van der Waals surface area (Å²) in [5.41, 5.74) is 2.91. The first-order valence-electron chi connectivity index (χ1n) is 12.0. The molecule has 0 spiro atoms. The molecule has 3 rings (SSSR count). The van der Waals surface area contributed by atoms with Crippen molar-refractivity contribution in [1.82, 2.24) is 14.7 Å². The highest BCUT2D eigenvalue weighted by Crippen LogP contribution is 2.27. The van der Waals surface area contributed by atoms with E-state index in [1.165, 1.54) is 4.90 Å². The fourth-order valence-electron chi connectivity index (χ4n) is 3.59. The Kier molecular flexibility index (Phi) is 9.59. The third-order valence-electron chi connectivity index (χ3n) is 5.56. The van der Waals surface area contributed by atoms with Gasteiger partial charge in [-0.2, -0.15) is 5.10 Å². The average Bonchev–Trinajstić information content (AvgIpc) is 3.24. The largest absolute Gasteiger partial charge is 0.385 e. The monoisotopic (exact) mass is 545 g/mol. The summed E-state index contributed by atoms with van der Waals surface area (Å²) in [6.45, 7) is 8.76. The molecular weight excluding hydrogens is 513 g/mol. The van der Waals surface area contributed by atoms with Crippen LogP contribution in [0.4, 0.5) is 16.3 Å². The van der Waals surface area contributed by atoms with Crippen molar-refractivity contribution < 1.29 is 14.3 Å². The number of hydrogen-bond donors (Lipinski definition) is 2. The number of anilines is 2. The molecule has 0 radical (unpaired) electrons. The number of aromatic nitrogens is 2. The molecule has 0 saturated carbocycles. The van der Waals surface area contributed by atoms with Crippen molar-refractivity contribution in [3.05, 3.63) is 69.8 Å². The zero-order valence-electron chi connectivity index (χ0n) is 21.8. The van der Waals surface area contributed by atoms with Crippen molar-refractivity contribution in [3.63, 3.8) is 0 Å². The Labute approximate surface area is 227 Å². The summed E-state index contributed by atoms with van der Waals surface area (Å²) < 4.78 is 6.84. The van der Waals surface area contributed by atoms with Crippen molar-refractivity contribution in [2.45, 2.75) is 39.5 Å². The lowest BCUT2D eigenvalue weighted by atomic mass is 9.92. The van der Waals surface area contributed by atoms with E-state index in [1.807, 2.05) is 37.3 Å². The van der Waals surface area contributed by atoms with Crippen LogP contribution in [0.5, 0.6) is 0 Å². The van der Waals surface area contributed by atoms with Gasteiger partial charge in [-0.1, -0.05) is 56.1 Å². The summed E-state index contributed by atoms with van der Waals surface area (Å²) in [7, 11) is 1.59. The number of aryl methyl sites for hydroxylation is 1. The molecule has 2 aromatic carbocycles. The van der Waals surface area contributed by atoms with E-state index in [2.05, 4.69) is 31.4 Å². The number of carbonyl (C=O) groups excluding carboxylic acids is 2. The first-order valence-corrected chi connectivity index (χ1v) is 12.7. The van der Waals surface area contributed by atoms with Crippen LogP contribution in [0, 0.1) is 6.92 Å². The SMILES string of the molecule is COCCCN(CC(=O)Nc1cc(C(C)(C)C)nn1-c1cccc(C)c1)C(=O)Nc1ccc(Cl)cc1Cl. The van der Waals surface area contributed by atoms with E-state index in [1.54, 1.807) is 30.0 Å². The van der Waals surface area contributed by atoms with Gasteiger partial charge in [-0.15, -0.1) is 0 Å². The maximum Gasteiger partial charge on any atom is 0.322 e. The van der Waals surface area contributed by atoms with Gasteiger partial charge < -0.3 is 20.3 Å². The standard InChI is InChI=1S/C27H33Cl2N5O3/c1-18-8-6-9-20(14-18)34-24(16-23(32-34)27(2,3)4)31-25(35)17-33(12-7-13-37-5)26(36)30-22-11-10-19(28)15-21(22)29/h6,8-11,14-16H,7,12-13,17H2,1-5H3,(H,30,36)(H,31,35). The van der Waals surface area contributed by atoms with Gasteiger partial charge in [0.05, 0.1) is 22.1 Å². The van der Waals surface area contributed by atoms with Crippen LogP contribution in [0.1, 0.15) is 38.4 Å². The number of benzene rings is 2. The molecule has 0 aliphatic carbocycles. The van der Waals surface area contributed by atoms with Gasteiger partial charge in [0.2, 0.25) is 5.91 Å². The highest BCUT2D eigenvalue weighted by atomic mass is 35.5. The van der Waals surface area contributed by atoms with Gasteiger partial charge in [-0.3, -0.25) is 4.79 Å². The van der Waals surface area contributed by atoms with E-state index in [-0.39, 0.29) is 17.9 Å². The Morgan fingerprint density at radius 2 is 1.84 bits per heavy atom. The Morgan fingerprint density at radius 3 is 2.49 bits per heavy atom. The minimum atomic E-state index is -0.460. The molecule has 8 nitrogen and oxygen atoms in total. The normalized spacial score (nSPS) is 11.3. The molecule has 37 heavy (non-hydrogen) atoms. The van der Waals surface area contributed by atoms with Crippen molar-refractivity contribution >= 4 is 46.6 Å². The Balaban J connectivity index is 1.82. The van der Waals surface area contributed by atoms with Crippen LogP contribution in [0.15, 0.2) is 48.5 Å². The van der Waals surface area contributed by atoms with Gasteiger partial charge in [-0.25, -0.2) is 9.48 Å². The fraction of sp³-hybridized carbons (Fsp3) is 0.370. The third kappa shape index (κ3) is 7.95. The number of halogens is 2. The van der Waals surface area contributed by atoms with Crippen LogP contribution in [0.2, 0.25) is 10.0 Å². The molecule has 0 bridgehead atoms. The molecule has 3 aromatic rings. The molecular formula is C27H33Cl2N5O3. The fourth-order valence-corrected chi connectivity index (χ4v) is 4.04. The van der Waals surface area contributed by atoms with E-state index >= 15 is 0 Å². The second kappa shape index (κ2) is 12.4. The number of rotatable bonds is 9. The summed E-state index contributed by atoms with van der Waals surface area (Å²) in [5.74, 6) is 0.169. The van der Waals surface area contributed by atoms with Gasteiger partial charge in [0, 0.05) is 36.8 Å². The summed E-state index contributed by atoms with van der Waals surface area (Å²) in [6, 6.07) is 14.1. The predicted molar refractivity (Wildman–Crippen MR) is 149 cm³/mol. The Morgan fingerprint density at radius 1 is 1.08 bits per heavy atom. The molecule has 1 heterocycles. The third-order valence-corrected chi connectivity index (χ3v) is 6.11. The van der Waals surface area contributed by atoms with E-state index in [0.717, 1.165) is 16.9 Å². The van der Waals surface area contributed by atoms with E-state index in [9.17, 15) is 9.59 Å². The lowest BCUT2D eigenvalue weighted by Gasteiger charge is -2.23. The van der Waals surface area contributed by atoms with Crippen molar-refractivity contribution in [2.75, 3.05) is 37.4 Å². The summed E-state index contributed by atoms with van der Waals surface area (Å²) in [4.78, 5) is 27.7. The smallest absolute Gasteiger partial charge is 0.322 e. The molecule has 0 atom stereocenters. The number of ether oxygens (including phenoxy) is 1. The van der Waals surface area contributed by atoms with Crippen LogP contribution in [-0.4, -0.2) is 53.4 Å². The zero-order valence-corrected chi connectivity index (χ0v) is 23.3. The first-order chi connectivity index (χ1) is 17.5. The molecule has 0 aliphatic rings. The maximum absolute atomic E-state index is 13.2. The van der Waals surface area contributed by atoms with Crippen LogP contribution < -0.4 is 10.6 Å². The van der Waals surface area contributed by atoms with Gasteiger partial charge in [0.1, 0.15) is 12.4 Å². The molecule has 0 aliphatic heterocycles. The predicted octanol–water partition coefficient (Wildman–Crippen LogP) is 6.29. The molecule has 0 unspecified atom stereocenters. The first kappa shape index (κ1) is 28.5. The lowest BCUT2D eigenvalue weighted by Crippen LogP contribution is -2.41.